The fourth-order valence-electron chi connectivity index (χ4n) is 3.12. The molecule has 0 radical (unpaired) electrons. The molecule has 0 fully saturated rings. The highest BCUT2D eigenvalue weighted by Crippen LogP contribution is 2.31. The fraction of sp³-hybridized carbons (Fsp3) is 0.286. The summed E-state index contributed by atoms with van der Waals surface area (Å²) < 4.78 is 5.61. The van der Waals surface area contributed by atoms with Crippen molar-refractivity contribution in [2.45, 2.75) is 32.7 Å². The van der Waals surface area contributed by atoms with Gasteiger partial charge in [0.15, 0.2) is 12.4 Å². The molecule has 0 bridgehead atoms. The Morgan fingerprint density at radius 2 is 1.85 bits per heavy atom. The van der Waals surface area contributed by atoms with Crippen LogP contribution in [0.15, 0.2) is 48.5 Å². The first-order chi connectivity index (χ1) is 13.0. The number of carbonyl (C=O) groups excluding carboxylic acids is 3. The quantitative estimate of drug-likeness (QED) is 0.823. The van der Waals surface area contributed by atoms with Gasteiger partial charge in [0.1, 0.15) is 5.75 Å². The summed E-state index contributed by atoms with van der Waals surface area (Å²) in [6.45, 7) is 3.49. The van der Waals surface area contributed by atoms with Gasteiger partial charge in [-0.25, -0.2) is 0 Å². The van der Waals surface area contributed by atoms with Crippen LogP contribution in [-0.2, 0) is 9.59 Å². The summed E-state index contributed by atoms with van der Waals surface area (Å²) in [6, 6.07) is 13.7. The van der Waals surface area contributed by atoms with E-state index in [1.54, 1.807) is 41.3 Å². The number of para-hydroxylation sites is 2. The summed E-state index contributed by atoms with van der Waals surface area (Å²) >= 11 is 0. The predicted molar refractivity (Wildman–Crippen MR) is 103 cm³/mol. The van der Waals surface area contributed by atoms with Gasteiger partial charge < -0.3 is 15.0 Å². The average Bonchev–Trinajstić information content (AvgIpc) is 2.80. The number of hydrogen-bond donors (Lipinski definition) is 1. The predicted octanol–water partition coefficient (Wildman–Crippen LogP) is 3.42. The first kappa shape index (κ1) is 18.6. The molecule has 140 valence electrons. The molecule has 1 aliphatic heterocycles. The molecule has 1 atom stereocenters. The van der Waals surface area contributed by atoms with Gasteiger partial charge in [0.05, 0.1) is 11.4 Å². The van der Waals surface area contributed by atoms with E-state index in [1.807, 2.05) is 26.0 Å². The molecular weight excluding hydrogens is 344 g/mol. The van der Waals surface area contributed by atoms with Crippen molar-refractivity contribution < 1.29 is 19.1 Å². The third-order valence-electron chi connectivity index (χ3n) is 4.49. The number of nitrogens with zero attached hydrogens (tertiary/aromatic N) is 1. The Balaban J connectivity index is 1.73. The maximum Gasteiger partial charge on any atom is 0.265 e. The molecule has 0 saturated heterocycles. The number of ketones is 1. The van der Waals surface area contributed by atoms with E-state index in [2.05, 4.69) is 5.32 Å². The molecule has 0 aromatic heterocycles. The van der Waals surface area contributed by atoms with Gasteiger partial charge in [-0.3, -0.25) is 14.4 Å². The molecule has 2 aromatic rings. The summed E-state index contributed by atoms with van der Waals surface area (Å²) in [5.74, 6) is 0.216. The van der Waals surface area contributed by atoms with E-state index in [0.717, 1.165) is 0 Å². The SMILES string of the molecule is CCC(=O)c1ccc(OCC(=O)N2c3ccccc3NC(=O)CC2C)cc1. The number of rotatable bonds is 5. The van der Waals surface area contributed by atoms with E-state index < -0.39 is 0 Å². The lowest BCUT2D eigenvalue weighted by atomic mass is 10.1. The number of Topliss-reactive ketones (excluding diaryl/α,β-unsaturated/α-hetero) is 1. The van der Waals surface area contributed by atoms with E-state index in [9.17, 15) is 14.4 Å². The Morgan fingerprint density at radius 1 is 1.15 bits per heavy atom. The molecule has 1 heterocycles. The standard InChI is InChI=1S/C21H22N2O4/c1-3-19(24)15-8-10-16(11-9-15)27-13-21(26)23-14(2)12-20(25)22-17-6-4-5-7-18(17)23/h4-11,14H,3,12-13H2,1-2H3,(H,22,25). The van der Waals surface area contributed by atoms with E-state index >= 15 is 0 Å². The highest BCUT2D eigenvalue weighted by Gasteiger charge is 2.29. The Kier molecular flexibility index (Phi) is 5.54. The summed E-state index contributed by atoms with van der Waals surface area (Å²) in [6.07, 6.45) is 0.659. The van der Waals surface area contributed by atoms with Crippen LogP contribution in [0, 0.1) is 0 Å². The molecular formula is C21H22N2O4. The Labute approximate surface area is 158 Å². The third-order valence-corrected chi connectivity index (χ3v) is 4.49. The second-order valence-electron chi connectivity index (χ2n) is 6.47. The number of fused-ring (bicyclic) bond motifs is 1. The molecule has 6 heteroatoms. The van der Waals surface area contributed by atoms with Crippen molar-refractivity contribution in [3.63, 3.8) is 0 Å². The normalized spacial score (nSPS) is 16.1. The van der Waals surface area contributed by atoms with Crippen molar-refractivity contribution >= 4 is 29.0 Å². The Morgan fingerprint density at radius 3 is 2.56 bits per heavy atom. The second-order valence-corrected chi connectivity index (χ2v) is 6.47. The maximum atomic E-state index is 12.8. The highest BCUT2D eigenvalue weighted by molar-refractivity contribution is 6.04. The first-order valence-corrected chi connectivity index (χ1v) is 8.96. The summed E-state index contributed by atoms with van der Waals surface area (Å²) in [5.41, 5.74) is 1.90. The van der Waals surface area contributed by atoms with Gasteiger partial charge in [-0.05, 0) is 43.3 Å². The second kappa shape index (κ2) is 8.03. The smallest absolute Gasteiger partial charge is 0.265 e. The minimum absolute atomic E-state index is 0.0600. The van der Waals surface area contributed by atoms with Gasteiger partial charge in [-0.2, -0.15) is 0 Å². The van der Waals surface area contributed by atoms with Crippen LogP contribution in [0.3, 0.4) is 0 Å². The number of benzene rings is 2. The largest absolute Gasteiger partial charge is 0.484 e. The van der Waals surface area contributed by atoms with E-state index in [0.29, 0.717) is 29.1 Å². The lowest BCUT2D eigenvalue weighted by Crippen LogP contribution is -2.41. The van der Waals surface area contributed by atoms with Gasteiger partial charge >= 0.3 is 0 Å². The molecule has 1 N–H and O–H groups in total. The van der Waals surface area contributed by atoms with Crippen LogP contribution < -0.4 is 15.0 Å². The Bertz CT molecular complexity index is 861. The van der Waals surface area contributed by atoms with Crippen LogP contribution in [-0.4, -0.2) is 30.2 Å². The van der Waals surface area contributed by atoms with Crippen LogP contribution in [0.2, 0.25) is 0 Å². The number of hydrogen-bond acceptors (Lipinski definition) is 4. The molecule has 27 heavy (non-hydrogen) atoms. The molecule has 3 rings (SSSR count). The van der Waals surface area contributed by atoms with Gasteiger partial charge in [0, 0.05) is 24.4 Å². The van der Waals surface area contributed by atoms with Gasteiger partial charge in [0.2, 0.25) is 5.91 Å². The number of amides is 2. The molecule has 0 spiro atoms. The zero-order valence-corrected chi connectivity index (χ0v) is 15.4. The molecule has 0 saturated carbocycles. The minimum Gasteiger partial charge on any atom is -0.484 e. The lowest BCUT2D eigenvalue weighted by molar-refractivity contribution is -0.121. The maximum absolute atomic E-state index is 12.8. The minimum atomic E-state index is -0.283. The number of nitrogens with one attached hydrogen (secondary N) is 1. The van der Waals surface area contributed by atoms with Crippen molar-refractivity contribution in [1.29, 1.82) is 0 Å². The van der Waals surface area contributed by atoms with Crippen molar-refractivity contribution in [3.05, 3.63) is 54.1 Å². The Hall–Kier alpha value is -3.15. The highest BCUT2D eigenvalue weighted by atomic mass is 16.5. The molecule has 1 unspecified atom stereocenters. The van der Waals surface area contributed by atoms with Crippen LogP contribution in [0.4, 0.5) is 11.4 Å². The molecule has 2 aromatic carbocycles. The number of anilines is 2. The van der Waals surface area contributed by atoms with E-state index in [1.165, 1.54) is 0 Å². The van der Waals surface area contributed by atoms with Gasteiger partial charge in [-0.1, -0.05) is 19.1 Å². The van der Waals surface area contributed by atoms with Gasteiger partial charge in [-0.15, -0.1) is 0 Å². The monoisotopic (exact) mass is 366 g/mol. The summed E-state index contributed by atoms with van der Waals surface area (Å²) in [5, 5.41) is 2.83. The molecule has 2 amide bonds. The van der Waals surface area contributed by atoms with Crippen molar-refractivity contribution in [2.75, 3.05) is 16.8 Å². The lowest BCUT2D eigenvalue weighted by Gasteiger charge is -2.27. The molecule has 1 aliphatic rings. The summed E-state index contributed by atoms with van der Waals surface area (Å²) in [4.78, 5) is 38.1. The average molecular weight is 366 g/mol. The number of carbonyl (C=O) groups is 3. The molecule has 0 aliphatic carbocycles. The molecule has 6 nitrogen and oxygen atoms in total. The van der Waals surface area contributed by atoms with Crippen LogP contribution >= 0.6 is 0 Å². The first-order valence-electron chi connectivity index (χ1n) is 8.96. The van der Waals surface area contributed by atoms with E-state index in [-0.39, 0.29) is 36.7 Å². The van der Waals surface area contributed by atoms with Crippen molar-refractivity contribution in [3.8, 4) is 5.75 Å². The van der Waals surface area contributed by atoms with Crippen LogP contribution in [0.5, 0.6) is 5.75 Å². The summed E-state index contributed by atoms with van der Waals surface area (Å²) in [7, 11) is 0. The fourth-order valence-corrected chi connectivity index (χ4v) is 3.12. The van der Waals surface area contributed by atoms with Crippen LogP contribution in [0.1, 0.15) is 37.0 Å². The third kappa shape index (κ3) is 4.16. The van der Waals surface area contributed by atoms with Gasteiger partial charge in [0.25, 0.3) is 5.91 Å². The van der Waals surface area contributed by atoms with Crippen LogP contribution in [0.25, 0.3) is 0 Å². The van der Waals surface area contributed by atoms with E-state index in [4.69, 9.17) is 4.74 Å². The topological polar surface area (TPSA) is 75.7 Å². The van der Waals surface area contributed by atoms with Crippen molar-refractivity contribution in [2.24, 2.45) is 0 Å². The van der Waals surface area contributed by atoms with Crippen molar-refractivity contribution in [1.82, 2.24) is 0 Å². The zero-order valence-electron chi connectivity index (χ0n) is 15.4. The zero-order chi connectivity index (χ0) is 19.4. The number of ether oxygens (including phenoxy) is 1.